The Labute approximate surface area is 121 Å². The molecule has 1 aromatic carbocycles. The number of hydrogen-bond acceptors (Lipinski definition) is 3. The summed E-state index contributed by atoms with van der Waals surface area (Å²) in [6.45, 7) is 2.45. The molecule has 1 aliphatic rings. The molecule has 0 aliphatic carbocycles. The third kappa shape index (κ3) is 2.74. The van der Waals surface area contributed by atoms with Gasteiger partial charge >= 0.3 is 6.03 Å². The molecule has 2 aromatic rings. The Balaban J connectivity index is 1.76. The van der Waals surface area contributed by atoms with Crippen molar-refractivity contribution >= 4 is 11.7 Å². The number of likely N-dealkylation sites (tertiary alicyclic amines) is 1. The highest BCUT2D eigenvalue weighted by Gasteiger charge is 2.32. The van der Waals surface area contributed by atoms with Crippen LogP contribution in [0.2, 0.25) is 0 Å². The van der Waals surface area contributed by atoms with Gasteiger partial charge in [-0.15, -0.1) is 0 Å². The lowest BCUT2D eigenvalue weighted by atomic mass is 10.1. The van der Waals surface area contributed by atoms with Crippen molar-refractivity contribution < 1.29 is 13.7 Å². The molecule has 0 radical (unpaired) electrons. The van der Waals surface area contributed by atoms with Crippen molar-refractivity contribution in [2.24, 2.45) is 0 Å². The molecule has 0 saturated carbocycles. The lowest BCUT2D eigenvalue weighted by molar-refractivity contribution is 0.195. The van der Waals surface area contributed by atoms with Gasteiger partial charge in [-0.25, -0.2) is 9.18 Å². The largest absolute Gasteiger partial charge is 0.359 e. The lowest BCUT2D eigenvalue weighted by Gasteiger charge is -2.23. The van der Waals surface area contributed by atoms with Gasteiger partial charge in [-0.2, -0.15) is 0 Å². The summed E-state index contributed by atoms with van der Waals surface area (Å²) in [5.41, 5.74) is 0.966. The molecule has 1 aliphatic heterocycles. The molecule has 0 spiro atoms. The first-order valence-corrected chi connectivity index (χ1v) is 6.90. The number of carbonyl (C=O) groups excluding carboxylic acids is 1. The molecule has 21 heavy (non-hydrogen) atoms. The Morgan fingerprint density at radius 3 is 3.00 bits per heavy atom. The summed E-state index contributed by atoms with van der Waals surface area (Å²) in [7, 11) is 0. The fraction of sp³-hybridized carbons (Fsp3) is 0.333. The van der Waals surface area contributed by atoms with E-state index in [4.69, 9.17) is 4.52 Å². The summed E-state index contributed by atoms with van der Waals surface area (Å²) >= 11 is 0. The molecule has 1 unspecified atom stereocenters. The van der Waals surface area contributed by atoms with Gasteiger partial charge in [-0.05, 0) is 31.9 Å². The van der Waals surface area contributed by atoms with Gasteiger partial charge in [0.2, 0.25) is 0 Å². The Hall–Kier alpha value is -2.37. The number of rotatable bonds is 2. The molecule has 6 heteroatoms. The number of para-hydroxylation sites is 1. The van der Waals surface area contributed by atoms with Crippen molar-refractivity contribution in [1.29, 1.82) is 0 Å². The summed E-state index contributed by atoms with van der Waals surface area (Å²) in [4.78, 5) is 14.0. The maximum Gasteiger partial charge on any atom is 0.322 e. The quantitative estimate of drug-likeness (QED) is 0.920. The van der Waals surface area contributed by atoms with Crippen molar-refractivity contribution in [3.05, 3.63) is 47.6 Å². The fourth-order valence-electron chi connectivity index (χ4n) is 2.60. The van der Waals surface area contributed by atoms with Crippen LogP contribution in [0.1, 0.15) is 30.3 Å². The van der Waals surface area contributed by atoms with Crippen LogP contribution >= 0.6 is 0 Å². The third-order valence-electron chi connectivity index (χ3n) is 3.60. The predicted octanol–water partition coefficient (Wildman–Crippen LogP) is 3.49. The van der Waals surface area contributed by atoms with E-state index in [9.17, 15) is 9.18 Å². The molecule has 110 valence electrons. The number of aryl methyl sites for hydroxylation is 1. The standard InChI is InChI=1S/C15H16FN3O2/c1-10-9-14(21-18-10)13-7-4-8-19(13)15(20)17-12-6-3-2-5-11(12)16/h2-3,5-6,9,13H,4,7-8H2,1H3,(H,17,20). The zero-order chi connectivity index (χ0) is 14.8. The van der Waals surface area contributed by atoms with Crippen LogP contribution in [0.4, 0.5) is 14.9 Å². The van der Waals surface area contributed by atoms with Gasteiger partial charge in [-0.1, -0.05) is 17.3 Å². The van der Waals surface area contributed by atoms with Crippen LogP contribution in [0.15, 0.2) is 34.9 Å². The number of benzene rings is 1. The summed E-state index contributed by atoms with van der Waals surface area (Å²) in [5, 5.41) is 6.47. The third-order valence-corrected chi connectivity index (χ3v) is 3.60. The van der Waals surface area contributed by atoms with E-state index < -0.39 is 5.82 Å². The van der Waals surface area contributed by atoms with Crippen molar-refractivity contribution in [3.63, 3.8) is 0 Å². The second-order valence-corrected chi connectivity index (χ2v) is 5.13. The highest BCUT2D eigenvalue weighted by atomic mass is 19.1. The summed E-state index contributed by atoms with van der Waals surface area (Å²) in [6.07, 6.45) is 1.70. The van der Waals surface area contributed by atoms with Crippen molar-refractivity contribution in [3.8, 4) is 0 Å². The minimum Gasteiger partial charge on any atom is -0.359 e. The number of anilines is 1. The van der Waals surface area contributed by atoms with Crippen LogP contribution in [-0.2, 0) is 0 Å². The number of halogens is 1. The summed E-state index contributed by atoms with van der Waals surface area (Å²) < 4.78 is 18.9. The normalized spacial score (nSPS) is 18.0. The van der Waals surface area contributed by atoms with E-state index in [-0.39, 0.29) is 17.8 Å². The molecule has 5 nitrogen and oxygen atoms in total. The molecule has 1 aromatic heterocycles. The molecule has 2 heterocycles. The predicted molar refractivity (Wildman–Crippen MR) is 75.3 cm³/mol. The monoisotopic (exact) mass is 289 g/mol. The summed E-state index contributed by atoms with van der Waals surface area (Å²) in [5.74, 6) is 0.228. The average Bonchev–Trinajstić information content (AvgIpc) is 3.09. The summed E-state index contributed by atoms with van der Waals surface area (Å²) in [6, 6.07) is 7.49. The lowest BCUT2D eigenvalue weighted by Crippen LogP contribution is -2.34. The average molecular weight is 289 g/mol. The topological polar surface area (TPSA) is 58.4 Å². The van der Waals surface area contributed by atoms with Gasteiger partial charge in [0.05, 0.1) is 17.4 Å². The molecule has 1 fully saturated rings. The highest BCUT2D eigenvalue weighted by molar-refractivity contribution is 5.89. The highest BCUT2D eigenvalue weighted by Crippen LogP contribution is 2.32. The number of carbonyl (C=O) groups is 1. The number of urea groups is 1. The van der Waals surface area contributed by atoms with Gasteiger partial charge in [0.25, 0.3) is 0 Å². The second-order valence-electron chi connectivity index (χ2n) is 5.13. The first-order valence-electron chi connectivity index (χ1n) is 6.90. The smallest absolute Gasteiger partial charge is 0.322 e. The van der Waals surface area contributed by atoms with Gasteiger partial charge in [0.15, 0.2) is 5.76 Å². The van der Waals surface area contributed by atoms with E-state index in [2.05, 4.69) is 10.5 Å². The van der Waals surface area contributed by atoms with E-state index in [0.717, 1.165) is 18.5 Å². The number of aromatic nitrogens is 1. The van der Waals surface area contributed by atoms with E-state index in [0.29, 0.717) is 12.3 Å². The Morgan fingerprint density at radius 2 is 2.29 bits per heavy atom. The van der Waals surface area contributed by atoms with Gasteiger partial charge < -0.3 is 14.7 Å². The van der Waals surface area contributed by atoms with Crippen LogP contribution in [0.5, 0.6) is 0 Å². The van der Waals surface area contributed by atoms with Crippen LogP contribution in [0, 0.1) is 12.7 Å². The number of nitrogens with zero attached hydrogens (tertiary/aromatic N) is 2. The van der Waals surface area contributed by atoms with Crippen LogP contribution in [0.25, 0.3) is 0 Å². The molecule has 2 amide bonds. The Bertz CT molecular complexity index is 656. The zero-order valence-electron chi connectivity index (χ0n) is 11.7. The molecular formula is C15H16FN3O2. The molecular weight excluding hydrogens is 273 g/mol. The van der Waals surface area contributed by atoms with Gasteiger partial charge in [0, 0.05) is 12.6 Å². The molecule has 3 rings (SSSR count). The SMILES string of the molecule is Cc1cc(C2CCCN2C(=O)Nc2ccccc2F)on1. The maximum absolute atomic E-state index is 13.6. The molecule has 1 N–H and O–H groups in total. The minimum absolute atomic E-state index is 0.141. The molecule has 0 bridgehead atoms. The first-order chi connectivity index (χ1) is 10.1. The minimum atomic E-state index is -0.447. The maximum atomic E-state index is 13.6. The van der Waals surface area contributed by atoms with Crippen LogP contribution in [-0.4, -0.2) is 22.6 Å². The number of nitrogens with one attached hydrogen (secondary N) is 1. The Kier molecular flexibility index (Phi) is 3.60. The van der Waals surface area contributed by atoms with E-state index in [1.54, 1.807) is 17.0 Å². The molecule has 1 saturated heterocycles. The zero-order valence-corrected chi connectivity index (χ0v) is 11.7. The number of hydrogen-bond donors (Lipinski definition) is 1. The van der Waals surface area contributed by atoms with E-state index >= 15 is 0 Å². The van der Waals surface area contributed by atoms with Crippen molar-refractivity contribution in [1.82, 2.24) is 10.1 Å². The van der Waals surface area contributed by atoms with Gasteiger partial charge in [0.1, 0.15) is 5.82 Å². The van der Waals surface area contributed by atoms with Crippen LogP contribution < -0.4 is 5.32 Å². The second kappa shape index (κ2) is 5.55. The first kappa shape index (κ1) is 13.6. The van der Waals surface area contributed by atoms with Crippen molar-refractivity contribution in [2.45, 2.75) is 25.8 Å². The van der Waals surface area contributed by atoms with Crippen molar-refractivity contribution in [2.75, 3.05) is 11.9 Å². The fourth-order valence-corrected chi connectivity index (χ4v) is 2.60. The van der Waals surface area contributed by atoms with E-state index in [1.165, 1.54) is 12.1 Å². The number of amides is 2. The Morgan fingerprint density at radius 1 is 1.48 bits per heavy atom. The van der Waals surface area contributed by atoms with E-state index in [1.807, 2.05) is 13.0 Å². The van der Waals surface area contributed by atoms with Crippen LogP contribution in [0.3, 0.4) is 0 Å². The molecule has 1 atom stereocenters. The van der Waals surface area contributed by atoms with Gasteiger partial charge in [-0.3, -0.25) is 0 Å².